The van der Waals surface area contributed by atoms with Gasteiger partial charge in [-0.1, -0.05) is 6.07 Å². The molecule has 116 valence electrons. The summed E-state index contributed by atoms with van der Waals surface area (Å²) >= 11 is 0. The molecule has 0 saturated carbocycles. The summed E-state index contributed by atoms with van der Waals surface area (Å²) in [7, 11) is 0. The monoisotopic (exact) mass is 300 g/mol. The molecule has 0 bridgehead atoms. The third-order valence-corrected chi connectivity index (χ3v) is 2.16. The van der Waals surface area contributed by atoms with Gasteiger partial charge >= 0.3 is 12.2 Å². The maximum Gasteiger partial charge on any atom is 0.411 e. The number of carbonyl (C=O) groups is 2. The summed E-state index contributed by atoms with van der Waals surface area (Å²) in [6.07, 6.45) is -1.72. The highest BCUT2D eigenvalue weighted by Gasteiger charge is 2.13. The summed E-state index contributed by atoms with van der Waals surface area (Å²) in [5, 5.41) is 31.4. The van der Waals surface area contributed by atoms with Crippen LogP contribution in [0.25, 0.3) is 0 Å². The summed E-state index contributed by atoms with van der Waals surface area (Å²) in [4.78, 5) is 22.6. The Bertz CT molecular complexity index is 452. The normalized spacial score (nSPS) is 9.81. The van der Waals surface area contributed by atoms with Crippen LogP contribution in [0.2, 0.25) is 0 Å². The number of carbonyl (C=O) groups excluding carboxylic acids is 2. The third-order valence-electron chi connectivity index (χ3n) is 2.16. The number of para-hydroxylation sites is 1. The number of aliphatic hydroxyl groups excluding tert-OH is 2. The first kappa shape index (κ1) is 16.5. The maximum atomic E-state index is 11.3. The van der Waals surface area contributed by atoms with Gasteiger partial charge in [0.1, 0.15) is 13.2 Å². The second-order valence-electron chi connectivity index (χ2n) is 3.67. The molecule has 5 N–H and O–H groups in total. The number of benzene rings is 1. The predicted octanol–water partition coefficient (Wildman–Crippen LogP) is 0.474. The fourth-order valence-corrected chi connectivity index (χ4v) is 1.31. The standard InChI is InChI=1S/C12H16N2O7/c15-4-6-20-11(18)13-8-2-1-3-9(10(8)17)14-12(19)21-7-5-16/h1-3,15-17H,4-7H2,(H,13,18)(H,14,19). The van der Waals surface area contributed by atoms with Crippen LogP contribution >= 0.6 is 0 Å². The predicted molar refractivity (Wildman–Crippen MR) is 72.2 cm³/mol. The Kier molecular flexibility index (Phi) is 6.78. The van der Waals surface area contributed by atoms with Crippen LogP contribution < -0.4 is 10.6 Å². The highest BCUT2D eigenvalue weighted by molar-refractivity contribution is 5.92. The minimum Gasteiger partial charge on any atom is -0.504 e. The summed E-state index contributed by atoms with van der Waals surface area (Å²) in [6, 6.07) is 4.25. The van der Waals surface area contributed by atoms with Crippen molar-refractivity contribution in [1.29, 1.82) is 0 Å². The Morgan fingerprint density at radius 1 is 0.952 bits per heavy atom. The van der Waals surface area contributed by atoms with Gasteiger partial charge < -0.3 is 24.8 Å². The fraction of sp³-hybridized carbons (Fsp3) is 0.333. The first-order valence-electron chi connectivity index (χ1n) is 5.99. The number of ether oxygens (including phenoxy) is 2. The van der Waals surface area contributed by atoms with E-state index in [0.29, 0.717) is 0 Å². The third kappa shape index (κ3) is 5.55. The van der Waals surface area contributed by atoms with Gasteiger partial charge in [-0.25, -0.2) is 9.59 Å². The molecule has 0 atom stereocenters. The number of phenolic OH excluding ortho intramolecular Hbond substituents is 1. The lowest BCUT2D eigenvalue weighted by molar-refractivity contribution is 0.131. The van der Waals surface area contributed by atoms with Crippen molar-refractivity contribution in [2.24, 2.45) is 0 Å². The van der Waals surface area contributed by atoms with Crippen LogP contribution in [0.15, 0.2) is 18.2 Å². The number of phenols is 1. The highest BCUT2D eigenvalue weighted by Crippen LogP contribution is 2.31. The van der Waals surface area contributed by atoms with Crippen molar-refractivity contribution >= 4 is 23.6 Å². The molecule has 0 saturated heterocycles. The van der Waals surface area contributed by atoms with Crippen molar-refractivity contribution in [3.63, 3.8) is 0 Å². The lowest BCUT2D eigenvalue weighted by Crippen LogP contribution is -2.17. The fourth-order valence-electron chi connectivity index (χ4n) is 1.31. The Morgan fingerprint density at radius 2 is 1.38 bits per heavy atom. The van der Waals surface area contributed by atoms with Gasteiger partial charge in [-0.2, -0.15) is 0 Å². The van der Waals surface area contributed by atoms with E-state index in [9.17, 15) is 14.7 Å². The number of aromatic hydroxyl groups is 1. The molecule has 2 amide bonds. The van der Waals surface area contributed by atoms with Crippen molar-refractivity contribution in [3.05, 3.63) is 18.2 Å². The van der Waals surface area contributed by atoms with Gasteiger partial charge in [0.25, 0.3) is 0 Å². The molecular formula is C12H16N2O7. The van der Waals surface area contributed by atoms with Gasteiger partial charge in [0.15, 0.2) is 5.75 Å². The molecule has 0 aromatic heterocycles. The lowest BCUT2D eigenvalue weighted by atomic mass is 10.2. The molecule has 0 spiro atoms. The molecule has 1 rings (SSSR count). The molecule has 21 heavy (non-hydrogen) atoms. The molecule has 0 unspecified atom stereocenters. The van der Waals surface area contributed by atoms with Crippen LogP contribution in [-0.2, 0) is 9.47 Å². The molecule has 0 aliphatic rings. The summed E-state index contributed by atoms with van der Waals surface area (Å²) in [6.45, 7) is -1.01. The van der Waals surface area contributed by atoms with Crippen LogP contribution in [0.5, 0.6) is 5.75 Å². The smallest absolute Gasteiger partial charge is 0.411 e. The molecule has 1 aromatic rings. The molecule has 0 fully saturated rings. The van der Waals surface area contributed by atoms with E-state index in [0.717, 1.165) is 0 Å². The van der Waals surface area contributed by atoms with E-state index in [4.69, 9.17) is 10.2 Å². The number of hydrogen-bond acceptors (Lipinski definition) is 7. The van der Waals surface area contributed by atoms with Crippen LogP contribution in [0, 0.1) is 0 Å². The quantitative estimate of drug-likeness (QED) is 0.481. The topological polar surface area (TPSA) is 137 Å². The van der Waals surface area contributed by atoms with E-state index in [1.807, 2.05) is 0 Å². The van der Waals surface area contributed by atoms with Crippen LogP contribution in [-0.4, -0.2) is 53.9 Å². The molecule has 0 heterocycles. The minimum atomic E-state index is -0.862. The Hall–Kier alpha value is -2.52. The van der Waals surface area contributed by atoms with Crippen molar-refractivity contribution in [2.75, 3.05) is 37.1 Å². The average molecular weight is 300 g/mol. The van der Waals surface area contributed by atoms with Gasteiger partial charge in [0, 0.05) is 0 Å². The zero-order valence-electron chi connectivity index (χ0n) is 11.0. The molecular weight excluding hydrogens is 284 g/mol. The van der Waals surface area contributed by atoms with Gasteiger partial charge in [0.05, 0.1) is 24.6 Å². The zero-order chi connectivity index (χ0) is 15.7. The summed E-state index contributed by atoms with van der Waals surface area (Å²) in [5.74, 6) is -0.389. The first-order valence-corrected chi connectivity index (χ1v) is 5.99. The molecule has 0 radical (unpaired) electrons. The number of hydrogen-bond donors (Lipinski definition) is 5. The molecule has 9 nitrogen and oxygen atoms in total. The first-order chi connectivity index (χ1) is 10.1. The van der Waals surface area contributed by atoms with Crippen molar-refractivity contribution < 1.29 is 34.4 Å². The second-order valence-corrected chi connectivity index (χ2v) is 3.67. The van der Waals surface area contributed by atoms with Crippen LogP contribution in [0.4, 0.5) is 21.0 Å². The van der Waals surface area contributed by atoms with Gasteiger partial charge in [0.2, 0.25) is 0 Å². The Morgan fingerprint density at radius 3 is 1.76 bits per heavy atom. The summed E-state index contributed by atoms with van der Waals surface area (Å²) < 4.78 is 9.15. The molecule has 1 aromatic carbocycles. The number of nitrogens with one attached hydrogen (secondary N) is 2. The Balaban J connectivity index is 2.69. The molecule has 0 aliphatic carbocycles. The van der Waals surface area contributed by atoms with Gasteiger partial charge in [-0.15, -0.1) is 0 Å². The van der Waals surface area contributed by atoms with E-state index < -0.39 is 12.2 Å². The van der Waals surface area contributed by atoms with Gasteiger partial charge in [-0.3, -0.25) is 10.6 Å². The zero-order valence-corrected chi connectivity index (χ0v) is 11.0. The average Bonchev–Trinajstić information content (AvgIpc) is 2.47. The largest absolute Gasteiger partial charge is 0.504 e. The highest BCUT2D eigenvalue weighted by atomic mass is 16.6. The minimum absolute atomic E-state index is 0.0119. The van der Waals surface area contributed by atoms with Crippen molar-refractivity contribution in [2.45, 2.75) is 0 Å². The SMILES string of the molecule is O=C(Nc1cccc(NC(=O)OCCO)c1O)OCCO. The van der Waals surface area contributed by atoms with E-state index in [-0.39, 0.29) is 43.6 Å². The van der Waals surface area contributed by atoms with E-state index in [1.165, 1.54) is 18.2 Å². The second kappa shape index (κ2) is 8.61. The van der Waals surface area contributed by atoms with Crippen molar-refractivity contribution in [3.8, 4) is 5.75 Å². The molecule has 9 heteroatoms. The number of amides is 2. The van der Waals surface area contributed by atoms with Crippen LogP contribution in [0.3, 0.4) is 0 Å². The lowest BCUT2D eigenvalue weighted by Gasteiger charge is -2.12. The van der Waals surface area contributed by atoms with E-state index in [2.05, 4.69) is 20.1 Å². The molecule has 0 aliphatic heterocycles. The van der Waals surface area contributed by atoms with Crippen LogP contribution in [0.1, 0.15) is 0 Å². The number of anilines is 2. The maximum absolute atomic E-state index is 11.3. The Labute approximate surface area is 120 Å². The number of rotatable bonds is 6. The van der Waals surface area contributed by atoms with E-state index in [1.54, 1.807) is 0 Å². The van der Waals surface area contributed by atoms with Gasteiger partial charge in [-0.05, 0) is 12.1 Å². The van der Waals surface area contributed by atoms with E-state index >= 15 is 0 Å². The van der Waals surface area contributed by atoms with Crippen molar-refractivity contribution in [1.82, 2.24) is 0 Å². The number of aliphatic hydroxyl groups is 2. The summed E-state index contributed by atoms with van der Waals surface area (Å²) in [5.41, 5.74) is 0.0239.